The number of hydrogen-bond donors (Lipinski definition) is 1. The summed E-state index contributed by atoms with van der Waals surface area (Å²) in [6, 6.07) is 14.6. The van der Waals surface area contributed by atoms with Gasteiger partial charge in [0, 0.05) is 16.6 Å². The van der Waals surface area contributed by atoms with Crippen LogP contribution in [0.2, 0.25) is 5.02 Å². The molecule has 0 radical (unpaired) electrons. The molecule has 1 unspecified atom stereocenters. The number of nitrogens with one attached hydrogen (secondary N) is 1. The lowest BCUT2D eigenvalue weighted by molar-refractivity contribution is 0.202. The van der Waals surface area contributed by atoms with Crippen LogP contribution in [-0.2, 0) is 11.2 Å². The molecule has 0 bridgehead atoms. The highest BCUT2D eigenvalue weighted by atomic mass is 79.9. The topological polar surface area (TPSA) is 21.3 Å². The lowest BCUT2D eigenvalue weighted by Gasteiger charge is -2.19. The molecule has 0 spiro atoms. The van der Waals surface area contributed by atoms with E-state index in [2.05, 4.69) is 45.5 Å². The lowest BCUT2D eigenvalue weighted by Crippen LogP contribution is -2.18. The molecule has 2 rings (SSSR count). The predicted molar refractivity (Wildman–Crippen MR) is 92.1 cm³/mol. The fraction of sp³-hybridized carbons (Fsp3) is 0.294. The van der Waals surface area contributed by atoms with Crippen molar-refractivity contribution in [3.8, 4) is 0 Å². The Morgan fingerprint density at radius 3 is 2.48 bits per heavy atom. The smallest absolute Gasteiger partial charge is 0.0589 e. The Kier molecular flexibility index (Phi) is 6.24. The van der Waals surface area contributed by atoms with Gasteiger partial charge in [-0.3, -0.25) is 0 Å². The Morgan fingerprint density at radius 2 is 1.90 bits per heavy atom. The molecular weight excluding hydrogens is 350 g/mol. The van der Waals surface area contributed by atoms with E-state index < -0.39 is 0 Å². The molecule has 0 saturated heterocycles. The summed E-state index contributed by atoms with van der Waals surface area (Å²) < 4.78 is 6.09. The van der Waals surface area contributed by atoms with Gasteiger partial charge in [0.15, 0.2) is 0 Å². The summed E-state index contributed by atoms with van der Waals surface area (Å²) in [6.07, 6.45) is 0.931. The highest BCUT2D eigenvalue weighted by Gasteiger charge is 2.15. The number of halogens is 2. The number of methoxy groups -OCH3 is 1. The first kappa shape index (κ1) is 16.5. The van der Waals surface area contributed by atoms with Crippen molar-refractivity contribution in [1.82, 2.24) is 5.32 Å². The molecule has 0 aliphatic heterocycles. The second-order valence-corrected chi connectivity index (χ2v) is 6.19. The standard InChI is InChI=1S/C17H19BrClNO/c1-20-17(15-8-7-14(18)11-16(15)19)13-5-3-12(4-6-13)9-10-21-2/h3-8,11,17,20H,9-10H2,1-2H3. The summed E-state index contributed by atoms with van der Waals surface area (Å²) in [7, 11) is 3.67. The van der Waals surface area contributed by atoms with E-state index in [1.807, 2.05) is 25.2 Å². The lowest BCUT2D eigenvalue weighted by atomic mass is 9.97. The number of hydrogen-bond acceptors (Lipinski definition) is 2. The molecular formula is C17H19BrClNO. The van der Waals surface area contributed by atoms with Crippen LogP contribution in [0.4, 0.5) is 0 Å². The van der Waals surface area contributed by atoms with Crippen molar-refractivity contribution in [2.45, 2.75) is 12.5 Å². The molecule has 1 atom stereocenters. The monoisotopic (exact) mass is 367 g/mol. The predicted octanol–water partition coefficient (Wildman–Crippen LogP) is 4.60. The van der Waals surface area contributed by atoms with Crippen molar-refractivity contribution < 1.29 is 4.74 Å². The van der Waals surface area contributed by atoms with Crippen LogP contribution in [0.3, 0.4) is 0 Å². The zero-order valence-electron chi connectivity index (χ0n) is 12.2. The van der Waals surface area contributed by atoms with Crippen LogP contribution in [0.25, 0.3) is 0 Å². The van der Waals surface area contributed by atoms with Crippen molar-refractivity contribution in [2.24, 2.45) is 0 Å². The third kappa shape index (κ3) is 4.30. The minimum Gasteiger partial charge on any atom is -0.384 e. The molecule has 0 aliphatic carbocycles. The average Bonchev–Trinajstić information content (AvgIpc) is 2.49. The Hall–Kier alpha value is -0.870. The number of benzene rings is 2. The van der Waals surface area contributed by atoms with E-state index >= 15 is 0 Å². The molecule has 0 amide bonds. The summed E-state index contributed by atoms with van der Waals surface area (Å²) in [5.74, 6) is 0. The summed E-state index contributed by atoms with van der Waals surface area (Å²) in [6.45, 7) is 0.743. The molecule has 2 aromatic rings. The van der Waals surface area contributed by atoms with Gasteiger partial charge in [-0.15, -0.1) is 0 Å². The van der Waals surface area contributed by atoms with E-state index in [1.165, 1.54) is 11.1 Å². The molecule has 0 fully saturated rings. The van der Waals surface area contributed by atoms with Gasteiger partial charge in [-0.1, -0.05) is 57.9 Å². The third-order valence-corrected chi connectivity index (χ3v) is 4.29. The number of rotatable bonds is 6. The van der Waals surface area contributed by atoms with E-state index in [9.17, 15) is 0 Å². The summed E-state index contributed by atoms with van der Waals surface area (Å²) in [5, 5.41) is 4.09. The Labute approximate surface area is 139 Å². The zero-order valence-corrected chi connectivity index (χ0v) is 14.5. The van der Waals surface area contributed by atoms with Crippen molar-refractivity contribution >= 4 is 27.5 Å². The van der Waals surface area contributed by atoms with E-state index in [-0.39, 0.29) is 6.04 Å². The van der Waals surface area contributed by atoms with Crippen LogP contribution in [0.5, 0.6) is 0 Å². The van der Waals surface area contributed by atoms with Crippen LogP contribution in [-0.4, -0.2) is 20.8 Å². The van der Waals surface area contributed by atoms with Crippen LogP contribution in [0, 0.1) is 0 Å². The molecule has 0 saturated carbocycles. The van der Waals surface area contributed by atoms with Gasteiger partial charge in [0.05, 0.1) is 12.6 Å². The van der Waals surface area contributed by atoms with E-state index in [1.54, 1.807) is 7.11 Å². The molecule has 0 aromatic heterocycles. The van der Waals surface area contributed by atoms with Crippen molar-refractivity contribution in [3.63, 3.8) is 0 Å². The van der Waals surface area contributed by atoms with Gasteiger partial charge in [0.1, 0.15) is 0 Å². The first-order valence-electron chi connectivity index (χ1n) is 6.85. The minimum absolute atomic E-state index is 0.0853. The molecule has 4 heteroatoms. The van der Waals surface area contributed by atoms with Crippen LogP contribution < -0.4 is 5.32 Å². The van der Waals surface area contributed by atoms with Gasteiger partial charge < -0.3 is 10.1 Å². The quantitative estimate of drug-likeness (QED) is 0.804. The van der Waals surface area contributed by atoms with Crippen molar-refractivity contribution in [3.05, 3.63) is 68.7 Å². The number of ether oxygens (including phenoxy) is 1. The van der Waals surface area contributed by atoms with Crippen LogP contribution in [0.1, 0.15) is 22.7 Å². The highest BCUT2D eigenvalue weighted by Crippen LogP contribution is 2.30. The molecule has 2 aromatic carbocycles. The SMILES string of the molecule is CNC(c1ccc(CCOC)cc1)c1ccc(Br)cc1Cl. The van der Waals surface area contributed by atoms with Gasteiger partial charge in [0.2, 0.25) is 0 Å². The average molecular weight is 369 g/mol. The van der Waals surface area contributed by atoms with Gasteiger partial charge in [-0.25, -0.2) is 0 Å². The summed E-state index contributed by atoms with van der Waals surface area (Å²) >= 11 is 9.81. The van der Waals surface area contributed by atoms with Gasteiger partial charge in [0.25, 0.3) is 0 Å². The van der Waals surface area contributed by atoms with E-state index in [0.717, 1.165) is 28.1 Å². The van der Waals surface area contributed by atoms with Gasteiger partial charge in [-0.2, -0.15) is 0 Å². The van der Waals surface area contributed by atoms with Crippen LogP contribution >= 0.6 is 27.5 Å². The highest BCUT2D eigenvalue weighted by molar-refractivity contribution is 9.10. The molecule has 21 heavy (non-hydrogen) atoms. The fourth-order valence-corrected chi connectivity index (χ4v) is 3.12. The Balaban J connectivity index is 2.24. The molecule has 112 valence electrons. The summed E-state index contributed by atoms with van der Waals surface area (Å²) in [5.41, 5.74) is 3.55. The first-order valence-corrected chi connectivity index (χ1v) is 8.02. The second kappa shape index (κ2) is 7.95. The van der Waals surface area contributed by atoms with Gasteiger partial charge >= 0.3 is 0 Å². The third-order valence-electron chi connectivity index (χ3n) is 3.47. The minimum atomic E-state index is 0.0853. The van der Waals surface area contributed by atoms with Crippen molar-refractivity contribution in [2.75, 3.05) is 20.8 Å². The first-order chi connectivity index (χ1) is 10.2. The Bertz CT molecular complexity index is 586. The maximum Gasteiger partial charge on any atom is 0.0589 e. The molecule has 0 aliphatic rings. The normalized spacial score (nSPS) is 12.4. The van der Waals surface area contributed by atoms with Gasteiger partial charge in [-0.05, 0) is 42.3 Å². The maximum atomic E-state index is 6.37. The van der Waals surface area contributed by atoms with E-state index in [4.69, 9.17) is 16.3 Å². The maximum absolute atomic E-state index is 6.37. The largest absolute Gasteiger partial charge is 0.384 e. The summed E-state index contributed by atoms with van der Waals surface area (Å²) in [4.78, 5) is 0. The van der Waals surface area contributed by atoms with Crippen molar-refractivity contribution in [1.29, 1.82) is 0 Å². The second-order valence-electron chi connectivity index (χ2n) is 4.87. The molecule has 2 nitrogen and oxygen atoms in total. The van der Waals surface area contributed by atoms with E-state index in [0.29, 0.717) is 0 Å². The fourth-order valence-electron chi connectivity index (χ4n) is 2.33. The van der Waals surface area contributed by atoms with Crippen LogP contribution in [0.15, 0.2) is 46.9 Å². The Morgan fingerprint density at radius 1 is 1.19 bits per heavy atom. The molecule has 1 N–H and O–H groups in total. The zero-order chi connectivity index (χ0) is 15.2. The molecule has 0 heterocycles.